The zero-order chi connectivity index (χ0) is 12.8. The van der Waals surface area contributed by atoms with E-state index in [9.17, 15) is 9.59 Å². The molecule has 1 heterocycles. The number of hydrogen-bond acceptors (Lipinski definition) is 3. The van der Waals surface area contributed by atoms with Crippen LogP contribution >= 0.6 is 0 Å². The van der Waals surface area contributed by atoms with Gasteiger partial charge in [0, 0.05) is 13.1 Å². The molecule has 0 aromatic carbocycles. The van der Waals surface area contributed by atoms with Gasteiger partial charge < -0.3 is 14.7 Å². The summed E-state index contributed by atoms with van der Waals surface area (Å²) < 4.78 is 5.07. The van der Waals surface area contributed by atoms with Gasteiger partial charge in [0.25, 0.3) is 0 Å². The molecule has 1 fully saturated rings. The highest BCUT2D eigenvalue weighted by Gasteiger charge is 2.31. The molecule has 0 aliphatic carbocycles. The summed E-state index contributed by atoms with van der Waals surface area (Å²) in [5.74, 6) is -1.22. The second kappa shape index (κ2) is 6.39. The van der Waals surface area contributed by atoms with E-state index in [0.29, 0.717) is 19.6 Å². The van der Waals surface area contributed by atoms with Crippen molar-refractivity contribution in [3.63, 3.8) is 0 Å². The lowest BCUT2D eigenvalue weighted by Crippen LogP contribution is -2.46. The van der Waals surface area contributed by atoms with Crippen molar-refractivity contribution in [2.45, 2.75) is 13.3 Å². The fourth-order valence-corrected chi connectivity index (χ4v) is 2.05. The monoisotopic (exact) mass is 241 g/mol. The number of carboxylic acid groups (broad SMARTS) is 1. The van der Waals surface area contributed by atoms with E-state index in [0.717, 1.165) is 0 Å². The fraction of sp³-hybridized carbons (Fsp3) is 0.667. The van der Waals surface area contributed by atoms with Gasteiger partial charge in [0.15, 0.2) is 0 Å². The number of likely N-dealkylation sites (tertiary alicyclic amines) is 1. The molecule has 0 aromatic heterocycles. The van der Waals surface area contributed by atoms with E-state index in [1.165, 1.54) is 0 Å². The van der Waals surface area contributed by atoms with Crippen LogP contribution in [0.15, 0.2) is 12.7 Å². The van der Waals surface area contributed by atoms with Crippen molar-refractivity contribution in [3.05, 3.63) is 12.7 Å². The Morgan fingerprint density at radius 3 is 2.82 bits per heavy atom. The van der Waals surface area contributed by atoms with Crippen molar-refractivity contribution in [3.8, 4) is 0 Å². The van der Waals surface area contributed by atoms with E-state index in [-0.39, 0.29) is 25.0 Å². The van der Waals surface area contributed by atoms with E-state index in [4.69, 9.17) is 9.84 Å². The third kappa shape index (κ3) is 4.19. The lowest BCUT2D eigenvalue weighted by Gasteiger charge is -2.34. The maximum Gasteiger partial charge on any atom is 0.308 e. The molecule has 1 rings (SSSR count). The van der Waals surface area contributed by atoms with Gasteiger partial charge in [0.1, 0.15) is 6.61 Å². The SMILES string of the molecule is C=CCOCC(=O)N1CC(C)CC(C(=O)O)C1. The number of piperidine rings is 1. The number of hydrogen-bond donors (Lipinski definition) is 1. The first-order valence-corrected chi connectivity index (χ1v) is 5.73. The Balaban J connectivity index is 2.48. The quantitative estimate of drug-likeness (QED) is 0.570. The third-order valence-corrected chi connectivity index (χ3v) is 2.82. The van der Waals surface area contributed by atoms with Crippen LogP contribution in [0, 0.1) is 11.8 Å². The van der Waals surface area contributed by atoms with Crippen LogP contribution in [0.5, 0.6) is 0 Å². The number of carbonyl (C=O) groups is 2. The van der Waals surface area contributed by atoms with Crippen molar-refractivity contribution in [2.75, 3.05) is 26.3 Å². The van der Waals surface area contributed by atoms with Crippen molar-refractivity contribution in [1.29, 1.82) is 0 Å². The summed E-state index contributed by atoms with van der Waals surface area (Å²) in [6, 6.07) is 0. The number of aliphatic carboxylic acids is 1. The zero-order valence-corrected chi connectivity index (χ0v) is 10.1. The minimum absolute atomic E-state index is 0.00885. The van der Waals surface area contributed by atoms with Crippen LogP contribution in [0.4, 0.5) is 0 Å². The molecular weight excluding hydrogens is 222 g/mol. The highest BCUT2D eigenvalue weighted by atomic mass is 16.5. The summed E-state index contributed by atoms with van der Waals surface area (Å²) in [4.78, 5) is 24.3. The minimum Gasteiger partial charge on any atom is -0.481 e. The van der Waals surface area contributed by atoms with Crippen LogP contribution in [-0.4, -0.2) is 48.2 Å². The Hall–Kier alpha value is -1.36. The Morgan fingerprint density at radius 2 is 2.24 bits per heavy atom. The lowest BCUT2D eigenvalue weighted by atomic mass is 9.90. The van der Waals surface area contributed by atoms with Gasteiger partial charge in [-0.25, -0.2) is 0 Å². The van der Waals surface area contributed by atoms with Crippen molar-refractivity contribution >= 4 is 11.9 Å². The van der Waals surface area contributed by atoms with Crippen LogP contribution in [0.1, 0.15) is 13.3 Å². The first kappa shape index (κ1) is 13.7. The maximum atomic E-state index is 11.8. The molecule has 0 saturated carbocycles. The number of ether oxygens (including phenoxy) is 1. The first-order chi connectivity index (χ1) is 8.04. The molecule has 1 aliphatic heterocycles. The number of carbonyl (C=O) groups excluding carboxylic acids is 1. The van der Waals surface area contributed by atoms with Gasteiger partial charge in [-0.2, -0.15) is 0 Å². The smallest absolute Gasteiger partial charge is 0.308 e. The van der Waals surface area contributed by atoms with Gasteiger partial charge in [-0.1, -0.05) is 13.0 Å². The van der Waals surface area contributed by atoms with Crippen molar-refractivity contribution in [1.82, 2.24) is 4.90 Å². The van der Waals surface area contributed by atoms with E-state index in [1.54, 1.807) is 11.0 Å². The highest BCUT2D eigenvalue weighted by Crippen LogP contribution is 2.21. The average molecular weight is 241 g/mol. The molecule has 2 atom stereocenters. The first-order valence-electron chi connectivity index (χ1n) is 5.73. The summed E-state index contributed by atoms with van der Waals surface area (Å²) >= 11 is 0. The predicted molar refractivity (Wildman–Crippen MR) is 62.5 cm³/mol. The predicted octanol–water partition coefficient (Wildman–Crippen LogP) is 0.758. The molecule has 1 saturated heterocycles. The summed E-state index contributed by atoms with van der Waals surface area (Å²) in [5, 5.41) is 8.99. The molecule has 0 bridgehead atoms. The van der Waals surface area contributed by atoms with Gasteiger partial charge in [0.2, 0.25) is 5.91 Å². The van der Waals surface area contributed by atoms with Crippen molar-refractivity contribution < 1.29 is 19.4 Å². The van der Waals surface area contributed by atoms with Crippen LogP contribution < -0.4 is 0 Å². The van der Waals surface area contributed by atoms with Crippen LogP contribution in [0.25, 0.3) is 0 Å². The molecular formula is C12H19NO4. The normalized spacial score (nSPS) is 24.4. The van der Waals surface area contributed by atoms with Gasteiger partial charge in [-0.05, 0) is 12.3 Å². The van der Waals surface area contributed by atoms with E-state index in [2.05, 4.69) is 6.58 Å². The van der Waals surface area contributed by atoms with Crippen LogP contribution in [0.2, 0.25) is 0 Å². The summed E-state index contributed by atoms with van der Waals surface area (Å²) in [5.41, 5.74) is 0. The standard InChI is InChI=1S/C12H19NO4/c1-3-4-17-8-11(14)13-6-9(2)5-10(7-13)12(15)16/h3,9-10H,1,4-8H2,2H3,(H,15,16). The Morgan fingerprint density at radius 1 is 1.53 bits per heavy atom. The Labute approximate surface area is 101 Å². The molecule has 96 valence electrons. The Kier molecular flexibility index (Phi) is 5.15. The van der Waals surface area contributed by atoms with Crippen molar-refractivity contribution in [2.24, 2.45) is 11.8 Å². The van der Waals surface area contributed by atoms with Gasteiger partial charge in [-0.15, -0.1) is 6.58 Å². The van der Waals surface area contributed by atoms with Gasteiger partial charge in [0.05, 0.1) is 12.5 Å². The molecule has 0 aromatic rings. The summed E-state index contributed by atoms with van der Waals surface area (Å²) in [6.07, 6.45) is 2.21. The molecule has 5 nitrogen and oxygen atoms in total. The fourth-order valence-electron chi connectivity index (χ4n) is 2.05. The number of nitrogens with zero attached hydrogens (tertiary/aromatic N) is 1. The maximum absolute atomic E-state index is 11.8. The molecule has 1 amide bonds. The highest BCUT2D eigenvalue weighted by molar-refractivity contribution is 5.79. The van der Waals surface area contributed by atoms with Gasteiger partial charge in [-0.3, -0.25) is 9.59 Å². The van der Waals surface area contributed by atoms with Gasteiger partial charge >= 0.3 is 5.97 Å². The molecule has 0 spiro atoms. The number of amides is 1. The topological polar surface area (TPSA) is 66.8 Å². The molecule has 5 heteroatoms. The molecule has 17 heavy (non-hydrogen) atoms. The molecule has 2 unspecified atom stereocenters. The molecule has 0 radical (unpaired) electrons. The van der Waals surface area contributed by atoms with E-state index >= 15 is 0 Å². The van der Waals surface area contributed by atoms with Crippen LogP contribution in [0.3, 0.4) is 0 Å². The van der Waals surface area contributed by atoms with E-state index < -0.39 is 11.9 Å². The average Bonchev–Trinajstić information content (AvgIpc) is 2.28. The third-order valence-electron chi connectivity index (χ3n) is 2.82. The second-order valence-corrected chi connectivity index (χ2v) is 4.48. The molecule has 1 N–H and O–H groups in total. The Bertz CT molecular complexity index is 303. The minimum atomic E-state index is -0.832. The van der Waals surface area contributed by atoms with Crippen LogP contribution in [-0.2, 0) is 14.3 Å². The number of rotatable bonds is 5. The summed E-state index contributed by atoms with van der Waals surface area (Å²) in [7, 11) is 0. The summed E-state index contributed by atoms with van der Waals surface area (Å²) in [6.45, 7) is 6.67. The zero-order valence-electron chi connectivity index (χ0n) is 10.1. The lowest BCUT2D eigenvalue weighted by molar-refractivity contribution is -0.148. The number of carboxylic acids is 1. The van der Waals surface area contributed by atoms with E-state index in [1.807, 2.05) is 6.92 Å². The molecule has 1 aliphatic rings. The largest absolute Gasteiger partial charge is 0.481 e. The second-order valence-electron chi connectivity index (χ2n) is 4.48.